The first-order chi connectivity index (χ1) is 6.86. The molecule has 70 valence electrons. The van der Waals surface area contributed by atoms with Crippen molar-refractivity contribution in [3.05, 3.63) is 29.6 Å². The van der Waals surface area contributed by atoms with Gasteiger partial charge in [-0.2, -0.15) is 0 Å². The Morgan fingerprint density at radius 1 is 1.43 bits per heavy atom. The number of amides is 1. The summed E-state index contributed by atoms with van der Waals surface area (Å²) in [5, 5.41) is 1.78. The van der Waals surface area contributed by atoms with E-state index in [-0.39, 0.29) is 5.91 Å². The van der Waals surface area contributed by atoms with E-state index in [2.05, 4.69) is 15.4 Å². The summed E-state index contributed by atoms with van der Waals surface area (Å²) in [4.78, 5) is 19.8. The van der Waals surface area contributed by atoms with Crippen molar-refractivity contribution in [3.63, 3.8) is 0 Å². The molecule has 0 unspecified atom stereocenters. The van der Waals surface area contributed by atoms with E-state index in [9.17, 15) is 4.79 Å². The third-order valence-electron chi connectivity index (χ3n) is 2.38. The second-order valence-electron chi connectivity index (χ2n) is 3.22. The van der Waals surface area contributed by atoms with E-state index >= 15 is 0 Å². The Balaban J connectivity index is 2.22. The van der Waals surface area contributed by atoms with Gasteiger partial charge in [-0.3, -0.25) is 25.2 Å². The molecule has 1 amide bonds. The van der Waals surface area contributed by atoms with E-state index in [4.69, 9.17) is 0 Å². The maximum Gasteiger partial charge on any atom is 0.272 e. The van der Waals surface area contributed by atoms with Gasteiger partial charge >= 0.3 is 0 Å². The highest BCUT2D eigenvalue weighted by molar-refractivity contribution is 6.13. The van der Waals surface area contributed by atoms with E-state index in [0.29, 0.717) is 5.56 Å². The van der Waals surface area contributed by atoms with Crippen LogP contribution in [0, 0.1) is 0 Å². The maximum absolute atomic E-state index is 11.6. The number of hydrogen-bond donors (Lipinski definition) is 1. The molecule has 3 heterocycles. The Morgan fingerprint density at radius 2 is 2.36 bits per heavy atom. The fourth-order valence-electron chi connectivity index (χ4n) is 1.74. The number of hydrogen-bond acceptors (Lipinski definition) is 4. The third-order valence-corrected chi connectivity index (χ3v) is 2.38. The predicted octanol–water partition coefficient (Wildman–Crippen LogP) is -0.198. The first kappa shape index (κ1) is 7.49. The minimum atomic E-state index is -0.103. The first-order valence-corrected chi connectivity index (χ1v) is 4.43. The van der Waals surface area contributed by atoms with Crippen LogP contribution in [0.4, 0.5) is 0 Å². The Kier molecular flexibility index (Phi) is 1.36. The molecule has 0 bridgehead atoms. The van der Waals surface area contributed by atoms with Crippen LogP contribution in [0.2, 0.25) is 0 Å². The van der Waals surface area contributed by atoms with Gasteiger partial charge in [0, 0.05) is 18.0 Å². The molecule has 14 heavy (non-hydrogen) atoms. The summed E-state index contributed by atoms with van der Waals surface area (Å²) in [6.45, 7) is 1.49. The lowest BCUT2D eigenvalue weighted by Gasteiger charge is -2.26. The van der Waals surface area contributed by atoms with E-state index in [1.165, 1.54) is 0 Å². The number of rotatable bonds is 0. The number of fused-ring (bicyclic) bond motifs is 3. The van der Waals surface area contributed by atoms with Crippen LogP contribution >= 0.6 is 0 Å². The molecule has 3 rings (SSSR count). The topological polar surface area (TPSA) is 57.6 Å². The quantitative estimate of drug-likeness (QED) is 0.613. The SMILES string of the molecule is O=C1NN2CCN=C2c2ccncc21. The first-order valence-electron chi connectivity index (χ1n) is 4.43. The smallest absolute Gasteiger partial charge is 0.267 e. The molecule has 0 saturated carbocycles. The molecule has 0 radical (unpaired) electrons. The maximum atomic E-state index is 11.6. The summed E-state index contributed by atoms with van der Waals surface area (Å²) in [6, 6.07) is 1.82. The number of nitrogens with zero attached hydrogens (tertiary/aromatic N) is 3. The number of hydrazine groups is 1. The average Bonchev–Trinajstić information content (AvgIpc) is 2.66. The molecule has 0 aliphatic carbocycles. The highest BCUT2D eigenvalue weighted by atomic mass is 16.2. The molecule has 0 fully saturated rings. The zero-order valence-electron chi connectivity index (χ0n) is 7.40. The monoisotopic (exact) mass is 188 g/mol. The molecule has 0 spiro atoms. The normalized spacial score (nSPS) is 18.4. The summed E-state index contributed by atoms with van der Waals surface area (Å²) in [7, 11) is 0. The Bertz CT molecular complexity index is 440. The van der Waals surface area contributed by atoms with Crippen molar-refractivity contribution >= 4 is 11.7 Å². The van der Waals surface area contributed by atoms with Gasteiger partial charge in [0.2, 0.25) is 0 Å². The number of aromatic nitrogens is 1. The number of carbonyl (C=O) groups is 1. The molecule has 1 aromatic heterocycles. The molecular formula is C9H8N4O. The molecule has 5 heteroatoms. The van der Waals surface area contributed by atoms with Crippen LogP contribution in [0.15, 0.2) is 23.5 Å². The standard InChI is InChI=1S/C9H8N4O/c14-9-7-5-10-2-1-6(7)8-11-3-4-13(8)12-9/h1-2,5H,3-4H2,(H,12,14). The van der Waals surface area contributed by atoms with Gasteiger partial charge in [0.25, 0.3) is 5.91 Å². The van der Waals surface area contributed by atoms with Gasteiger partial charge in [-0.1, -0.05) is 0 Å². The summed E-state index contributed by atoms with van der Waals surface area (Å²) in [5.41, 5.74) is 4.24. The minimum Gasteiger partial charge on any atom is -0.267 e. The molecular weight excluding hydrogens is 180 g/mol. The van der Waals surface area contributed by atoms with Crippen LogP contribution in [0.25, 0.3) is 0 Å². The van der Waals surface area contributed by atoms with E-state index < -0.39 is 0 Å². The number of carbonyl (C=O) groups excluding carboxylic acids is 1. The zero-order chi connectivity index (χ0) is 9.54. The number of amidine groups is 1. The number of aliphatic imine (C=N–C) groups is 1. The van der Waals surface area contributed by atoms with Crippen LogP contribution < -0.4 is 5.43 Å². The highest BCUT2D eigenvalue weighted by Gasteiger charge is 2.29. The fraction of sp³-hybridized carbons (Fsp3) is 0.222. The summed E-state index contributed by atoms with van der Waals surface area (Å²) < 4.78 is 0. The minimum absolute atomic E-state index is 0.103. The van der Waals surface area contributed by atoms with Crippen molar-refractivity contribution in [2.45, 2.75) is 0 Å². The summed E-state index contributed by atoms with van der Waals surface area (Å²) in [5.74, 6) is 0.746. The van der Waals surface area contributed by atoms with E-state index in [1.807, 2.05) is 6.07 Å². The molecule has 0 aromatic carbocycles. The lowest BCUT2D eigenvalue weighted by molar-refractivity contribution is 0.0868. The van der Waals surface area contributed by atoms with Crippen molar-refractivity contribution in [1.29, 1.82) is 0 Å². The van der Waals surface area contributed by atoms with E-state index in [1.54, 1.807) is 17.4 Å². The third kappa shape index (κ3) is 0.863. The summed E-state index contributed by atoms with van der Waals surface area (Å²) in [6.07, 6.45) is 3.25. The van der Waals surface area contributed by atoms with Gasteiger partial charge in [0.1, 0.15) is 0 Å². The van der Waals surface area contributed by atoms with Gasteiger partial charge < -0.3 is 0 Å². The molecule has 0 saturated heterocycles. The Morgan fingerprint density at radius 3 is 3.29 bits per heavy atom. The van der Waals surface area contributed by atoms with Gasteiger partial charge in [-0.15, -0.1) is 0 Å². The number of nitrogens with one attached hydrogen (secondary N) is 1. The largest absolute Gasteiger partial charge is 0.272 e. The van der Waals surface area contributed by atoms with Gasteiger partial charge in [-0.05, 0) is 6.07 Å². The van der Waals surface area contributed by atoms with Crippen LogP contribution in [0.1, 0.15) is 15.9 Å². The van der Waals surface area contributed by atoms with Crippen molar-refractivity contribution in [3.8, 4) is 0 Å². The average molecular weight is 188 g/mol. The lowest BCUT2D eigenvalue weighted by atomic mass is 10.1. The number of pyridine rings is 1. The molecule has 0 atom stereocenters. The van der Waals surface area contributed by atoms with Crippen LogP contribution in [0.5, 0.6) is 0 Å². The molecule has 5 nitrogen and oxygen atoms in total. The molecule has 1 aromatic rings. The van der Waals surface area contributed by atoms with Crippen molar-refractivity contribution < 1.29 is 4.79 Å². The fourth-order valence-corrected chi connectivity index (χ4v) is 1.74. The zero-order valence-corrected chi connectivity index (χ0v) is 7.40. The second-order valence-corrected chi connectivity index (χ2v) is 3.22. The van der Waals surface area contributed by atoms with Crippen molar-refractivity contribution in [2.24, 2.45) is 4.99 Å². The Labute approximate surface area is 80.4 Å². The van der Waals surface area contributed by atoms with Crippen LogP contribution in [0.3, 0.4) is 0 Å². The second kappa shape index (κ2) is 2.54. The Hall–Kier alpha value is -1.91. The van der Waals surface area contributed by atoms with Crippen LogP contribution in [-0.2, 0) is 0 Å². The highest BCUT2D eigenvalue weighted by Crippen LogP contribution is 2.18. The van der Waals surface area contributed by atoms with E-state index in [0.717, 1.165) is 24.5 Å². The van der Waals surface area contributed by atoms with Gasteiger partial charge in [-0.25, -0.2) is 0 Å². The summed E-state index contributed by atoms with van der Waals surface area (Å²) >= 11 is 0. The van der Waals surface area contributed by atoms with Gasteiger partial charge in [0.05, 0.1) is 18.7 Å². The van der Waals surface area contributed by atoms with Crippen LogP contribution in [-0.4, -0.2) is 34.8 Å². The predicted molar refractivity (Wildman–Crippen MR) is 49.8 cm³/mol. The lowest BCUT2D eigenvalue weighted by Crippen LogP contribution is -2.49. The van der Waals surface area contributed by atoms with Crippen molar-refractivity contribution in [2.75, 3.05) is 13.1 Å². The van der Waals surface area contributed by atoms with Crippen molar-refractivity contribution in [1.82, 2.24) is 15.4 Å². The molecule has 2 aliphatic heterocycles. The molecule has 2 aliphatic rings. The van der Waals surface area contributed by atoms with Gasteiger partial charge in [0.15, 0.2) is 5.84 Å². The molecule has 1 N–H and O–H groups in total.